The highest BCUT2D eigenvalue weighted by Crippen LogP contribution is 2.14. The van der Waals surface area contributed by atoms with E-state index in [4.69, 9.17) is 4.74 Å². The van der Waals surface area contributed by atoms with Gasteiger partial charge in [0.1, 0.15) is 5.75 Å². The monoisotopic (exact) mass is 193 g/mol. The van der Waals surface area contributed by atoms with E-state index < -0.39 is 0 Å². The lowest BCUT2D eigenvalue weighted by atomic mass is 10.0. The number of ether oxygens (including phenoxy) is 1. The lowest BCUT2D eigenvalue weighted by Gasteiger charge is -2.10. The third kappa shape index (κ3) is 2.83. The van der Waals surface area contributed by atoms with E-state index in [0.29, 0.717) is 5.75 Å². The van der Waals surface area contributed by atoms with Gasteiger partial charge in [0, 0.05) is 12.4 Å². The number of rotatable bonds is 4. The fraction of sp³-hybridized carbons (Fsp3) is 0.455. The number of hydrogen-bond acceptors (Lipinski definition) is 3. The molecule has 0 amide bonds. The Morgan fingerprint density at radius 3 is 2.43 bits per heavy atom. The van der Waals surface area contributed by atoms with Crippen molar-refractivity contribution in [2.75, 3.05) is 0 Å². The largest absolute Gasteiger partial charge is 0.426 e. The van der Waals surface area contributed by atoms with Gasteiger partial charge in [-0.3, -0.25) is 9.78 Å². The zero-order valence-corrected chi connectivity index (χ0v) is 8.56. The molecular weight excluding hydrogens is 178 g/mol. The van der Waals surface area contributed by atoms with Crippen LogP contribution in [0.3, 0.4) is 0 Å². The van der Waals surface area contributed by atoms with Gasteiger partial charge in [0.2, 0.25) is 0 Å². The van der Waals surface area contributed by atoms with Crippen molar-refractivity contribution in [3.8, 4) is 5.75 Å². The van der Waals surface area contributed by atoms with E-state index >= 15 is 0 Å². The average molecular weight is 193 g/mol. The minimum atomic E-state index is -0.152. The average Bonchev–Trinajstić information content (AvgIpc) is 2.21. The maximum absolute atomic E-state index is 11.5. The van der Waals surface area contributed by atoms with Crippen molar-refractivity contribution in [2.45, 2.75) is 26.7 Å². The Morgan fingerprint density at radius 2 is 1.93 bits per heavy atom. The van der Waals surface area contributed by atoms with Gasteiger partial charge in [0.15, 0.2) is 0 Å². The minimum Gasteiger partial charge on any atom is -0.426 e. The molecule has 14 heavy (non-hydrogen) atoms. The van der Waals surface area contributed by atoms with Crippen molar-refractivity contribution in [3.05, 3.63) is 24.5 Å². The van der Waals surface area contributed by atoms with Crippen LogP contribution in [0.2, 0.25) is 0 Å². The molecule has 0 saturated carbocycles. The van der Waals surface area contributed by atoms with E-state index in [-0.39, 0.29) is 11.9 Å². The van der Waals surface area contributed by atoms with Crippen LogP contribution in [0, 0.1) is 5.92 Å². The summed E-state index contributed by atoms with van der Waals surface area (Å²) in [5, 5.41) is 0. The summed E-state index contributed by atoms with van der Waals surface area (Å²) < 4.78 is 5.18. The van der Waals surface area contributed by atoms with Crippen LogP contribution in [0.4, 0.5) is 0 Å². The lowest BCUT2D eigenvalue weighted by molar-refractivity contribution is -0.139. The van der Waals surface area contributed by atoms with Crippen molar-refractivity contribution in [2.24, 2.45) is 5.92 Å². The van der Waals surface area contributed by atoms with Crippen molar-refractivity contribution < 1.29 is 9.53 Å². The molecule has 0 aliphatic rings. The zero-order valence-electron chi connectivity index (χ0n) is 8.56. The van der Waals surface area contributed by atoms with Crippen LogP contribution in [0.1, 0.15) is 26.7 Å². The highest BCUT2D eigenvalue weighted by atomic mass is 16.5. The summed E-state index contributed by atoms with van der Waals surface area (Å²) >= 11 is 0. The standard InChI is InChI=1S/C11H15NO2/c1-3-9(4-2)11(13)14-10-5-7-12-8-6-10/h5-9H,3-4H2,1-2H3. The van der Waals surface area contributed by atoms with Gasteiger partial charge < -0.3 is 4.74 Å². The number of hydrogen-bond donors (Lipinski definition) is 0. The number of carbonyl (C=O) groups is 1. The number of pyridine rings is 1. The first-order valence-electron chi connectivity index (χ1n) is 4.89. The molecule has 3 nitrogen and oxygen atoms in total. The maximum Gasteiger partial charge on any atom is 0.314 e. The van der Waals surface area contributed by atoms with Gasteiger partial charge in [-0.1, -0.05) is 13.8 Å². The fourth-order valence-electron chi connectivity index (χ4n) is 1.23. The summed E-state index contributed by atoms with van der Waals surface area (Å²) in [4.78, 5) is 15.4. The molecule has 3 heteroatoms. The van der Waals surface area contributed by atoms with Crippen LogP contribution in [0.15, 0.2) is 24.5 Å². The minimum absolute atomic E-state index is 0.00293. The Labute approximate surface area is 84.1 Å². The van der Waals surface area contributed by atoms with Gasteiger partial charge in [0.25, 0.3) is 0 Å². The quantitative estimate of drug-likeness (QED) is 0.689. The predicted octanol–water partition coefficient (Wildman–Crippen LogP) is 2.42. The topological polar surface area (TPSA) is 39.2 Å². The highest BCUT2D eigenvalue weighted by molar-refractivity contribution is 5.74. The molecule has 0 saturated heterocycles. The van der Waals surface area contributed by atoms with Crippen molar-refractivity contribution >= 4 is 5.97 Å². The second-order valence-electron chi connectivity index (χ2n) is 3.12. The summed E-state index contributed by atoms with van der Waals surface area (Å²) in [6, 6.07) is 3.36. The van der Waals surface area contributed by atoms with E-state index in [1.807, 2.05) is 13.8 Å². The SMILES string of the molecule is CCC(CC)C(=O)Oc1ccncc1. The van der Waals surface area contributed by atoms with E-state index in [1.165, 1.54) is 0 Å². The molecule has 0 aliphatic carbocycles. The van der Waals surface area contributed by atoms with E-state index in [1.54, 1.807) is 24.5 Å². The van der Waals surface area contributed by atoms with E-state index in [2.05, 4.69) is 4.98 Å². The number of carbonyl (C=O) groups excluding carboxylic acids is 1. The molecule has 0 N–H and O–H groups in total. The number of aromatic nitrogens is 1. The lowest BCUT2D eigenvalue weighted by Crippen LogP contribution is -2.19. The summed E-state index contributed by atoms with van der Waals surface area (Å²) in [5.74, 6) is 0.418. The summed E-state index contributed by atoms with van der Waals surface area (Å²) in [6.07, 6.45) is 4.85. The second-order valence-corrected chi connectivity index (χ2v) is 3.12. The summed E-state index contributed by atoms with van der Waals surface area (Å²) in [5.41, 5.74) is 0. The molecule has 1 heterocycles. The van der Waals surface area contributed by atoms with Gasteiger partial charge in [-0.2, -0.15) is 0 Å². The molecule has 0 aromatic carbocycles. The molecular formula is C11H15NO2. The van der Waals surface area contributed by atoms with Gasteiger partial charge in [-0.15, -0.1) is 0 Å². The van der Waals surface area contributed by atoms with Crippen molar-refractivity contribution in [1.82, 2.24) is 4.98 Å². The molecule has 0 spiro atoms. The van der Waals surface area contributed by atoms with Crippen LogP contribution < -0.4 is 4.74 Å². The Balaban J connectivity index is 2.57. The molecule has 0 unspecified atom stereocenters. The first-order chi connectivity index (χ1) is 6.77. The smallest absolute Gasteiger partial charge is 0.314 e. The molecule has 1 aromatic rings. The predicted molar refractivity (Wildman–Crippen MR) is 53.9 cm³/mol. The Morgan fingerprint density at radius 1 is 1.36 bits per heavy atom. The zero-order chi connectivity index (χ0) is 10.4. The van der Waals surface area contributed by atoms with Gasteiger partial charge in [0.05, 0.1) is 5.92 Å². The van der Waals surface area contributed by atoms with Crippen LogP contribution in [-0.4, -0.2) is 11.0 Å². The summed E-state index contributed by atoms with van der Waals surface area (Å²) in [7, 11) is 0. The molecule has 76 valence electrons. The molecule has 1 aromatic heterocycles. The van der Waals surface area contributed by atoms with Gasteiger partial charge >= 0.3 is 5.97 Å². The Bertz CT molecular complexity index is 281. The Hall–Kier alpha value is -1.38. The van der Waals surface area contributed by atoms with Crippen LogP contribution in [-0.2, 0) is 4.79 Å². The van der Waals surface area contributed by atoms with E-state index in [9.17, 15) is 4.79 Å². The first-order valence-corrected chi connectivity index (χ1v) is 4.89. The van der Waals surface area contributed by atoms with Crippen LogP contribution in [0.25, 0.3) is 0 Å². The van der Waals surface area contributed by atoms with E-state index in [0.717, 1.165) is 12.8 Å². The normalized spacial score (nSPS) is 10.2. The fourth-order valence-corrected chi connectivity index (χ4v) is 1.23. The molecule has 1 rings (SSSR count). The molecule has 0 atom stereocenters. The number of nitrogens with zero attached hydrogens (tertiary/aromatic N) is 1. The van der Waals surface area contributed by atoms with Crippen LogP contribution in [0.5, 0.6) is 5.75 Å². The molecule has 0 bridgehead atoms. The van der Waals surface area contributed by atoms with Crippen molar-refractivity contribution in [1.29, 1.82) is 0 Å². The number of esters is 1. The Kier molecular flexibility index (Phi) is 4.11. The molecule has 0 fully saturated rings. The third-order valence-corrected chi connectivity index (χ3v) is 2.19. The highest BCUT2D eigenvalue weighted by Gasteiger charge is 2.15. The molecule has 0 radical (unpaired) electrons. The second kappa shape index (κ2) is 5.37. The molecule has 0 aliphatic heterocycles. The van der Waals surface area contributed by atoms with Crippen LogP contribution >= 0.6 is 0 Å². The van der Waals surface area contributed by atoms with Crippen molar-refractivity contribution in [3.63, 3.8) is 0 Å². The maximum atomic E-state index is 11.5. The summed E-state index contributed by atoms with van der Waals surface area (Å²) in [6.45, 7) is 3.98. The first kappa shape index (κ1) is 10.7. The third-order valence-electron chi connectivity index (χ3n) is 2.19. The van der Waals surface area contributed by atoms with Gasteiger partial charge in [-0.25, -0.2) is 0 Å². The van der Waals surface area contributed by atoms with Gasteiger partial charge in [-0.05, 0) is 25.0 Å².